The number of halogens is 3. The Morgan fingerprint density at radius 1 is 1.04 bits per heavy atom. The molecule has 0 atom stereocenters. The van der Waals surface area contributed by atoms with Crippen LogP contribution in [-0.2, 0) is 21.7 Å². The van der Waals surface area contributed by atoms with Gasteiger partial charge in [-0.3, -0.25) is 9.40 Å². The summed E-state index contributed by atoms with van der Waals surface area (Å²) in [5.41, 5.74) is 1.03. The molecule has 0 amide bonds. The van der Waals surface area contributed by atoms with Crippen LogP contribution in [0.15, 0.2) is 59.6 Å². The number of benzene rings is 2. The molecule has 5 nitrogen and oxygen atoms in total. The van der Waals surface area contributed by atoms with Crippen molar-refractivity contribution >= 4 is 15.7 Å². The Balaban J connectivity index is 1.68. The van der Waals surface area contributed by atoms with Gasteiger partial charge in [-0.2, -0.15) is 18.3 Å². The summed E-state index contributed by atoms with van der Waals surface area (Å²) in [5, 5.41) is 7.11. The third-order valence-corrected chi connectivity index (χ3v) is 7.25. The molecule has 1 aliphatic heterocycles. The second kappa shape index (κ2) is 5.38. The molecular formula is C19H14F3N3O2S. The van der Waals surface area contributed by atoms with Crippen LogP contribution in [0.5, 0.6) is 0 Å². The minimum absolute atomic E-state index is 0.173. The highest BCUT2D eigenvalue weighted by Crippen LogP contribution is 2.60. The first kappa shape index (κ1) is 17.3. The maximum atomic E-state index is 13.5. The van der Waals surface area contributed by atoms with Crippen molar-refractivity contribution in [3.63, 3.8) is 0 Å². The SMILES string of the molecule is O=S(=O)(c1ccc(C(F)(F)F)cc1)N1c2ccccc2-c2n[nH]cc2C12CC2. The number of hydrogen-bond acceptors (Lipinski definition) is 3. The topological polar surface area (TPSA) is 66.1 Å². The minimum atomic E-state index is -4.52. The van der Waals surface area contributed by atoms with Gasteiger partial charge >= 0.3 is 6.18 Å². The van der Waals surface area contributed by atoms with Gasteiger partial charge in [0.2, 0.25) is 0 Å². The number of rotatable bonds is 2. The van der Waals surface area contributed by atoms with Gasteiger partial charge in [-0.05, 0) is 43.2 Å². The summed E-state index contributed by atoms with van der Waals surface area (Å²) >= 11 is 0. The number of H-pyrrole nitrogens is 1. The number of aromatic amines is 1. The maximum Gasteiger partial charge on any atom is 0.416 e. The zero-order chi connectivity index (χ0) is 19.7. The molecule has 28 heavy (non-hydrogen) atoms. The van der Waals surface area contributed by atoms with Gasteiger partial charge in [0.1, 0.15) is 0 Å². The molecule has 0 bridgehead atoms. The van der Waals surface area contributed by atoms with Gasteiger partial charge in [-0.15, -0.1) is 0 Å². The van der Waals surface area contributed by atoms with Crippen LogP contribution >= 0.6 is 0 Å². The van der Waals surface area contributed by atoms with E-state index in [0.29, 0.717) is 29.8 Å². The third kappa shape index (κ3) is 2.25. The Labute approximate surface area is 158 Å². The maximum absolute atomic E-state index is 13.5. The zero-order valence-corrected chi connectivity index (χ0v) is 15.2. The van der Waals surface area contributed by atoms with Crippen molar-refractivity contribution < 1.29 is 21.6 Å². The number of hydrogen-bond donors (Lipinski definition) is 1. The van der Waals surface area contributed by atoms with Gasteiger partial charge in [0.25, 0.3) is 10.0 Å². The summed E-state index contributed by atoms with van der Waals surface area (Å²) in [7, 11) is -4.08. The average molecular weight is 405 g/mol. The third-order valence-electron chi connectivity index (χ3n) is 5.35. The molecule has 5 rings (SSSR count). The van der Waals surface area contributed by atoms with Gasteiger partial charge in [0, 0.05) is 17.3 Å². The number of anilines is 1. The van der Waals surface area contributed by atoms with E-state index in [9.17, 15) is 21.6 Å². The van der Waals surface area contributed by atoms with Crippen LogP contribution in [-0.4, -0.2) is 18.6 Å². The predicted octanol–water partition coefficient (Wildman–Crippen LogP) is 4.29. The van der Waals surface area contributed by atoms with Gasteiger partial charge in [0.05, 0.1) is 27.4 Å². The Morgan fingerprint density at radius 2 is 1.71 bits per heavy atom. The average Bonchev–Trinajstić information content (AvgIpc) is 3.26. The summed E-state index contributed by atoms with van der Waals surface area (Å²) in [4.78, 5) is -0.173. The summed E-state index contributed by atoms with van der Waals surface area (Å²) in [6, 6.07) is 10.7. The van der Waals surface area contributed by atoms with Gasteiger partial charge in [0.15, 0.2) is 0 Å². The van der Waals surface area contributed by atoms with Crippen molar-refractivity contribution in [1.29, 1.82) is 0 Å². The molecule has 0 unspecified atom stereocenters. The Hall–Kier alpha value is -2.81. The van der Waals surface area contributed by atoms with Crippen LogP contribution in [0.2, 0.25) is 0 Å². The quantitative estimate of drug-likeness (QED) is 0.692. The van der Waals surface area contributed by atoms with Crippen molar-refractivity contribution in [2.24, 2.45) is 0 Å². The van der Waals surface area contributed by atoms with E-state index in [1.54, 1.807) is 30.5 Å². The number of nitrogens with one attached hydrogen (secondary N) is 1. The second-order valence-corrected chi connectivity index (χ2v) is 8.77. The molecule has 0 saturated heterocycles. The molecule has 1 N–H and O–H groups in total. The molecular weight excluding hydrogens is 391 g/mol. The lowest BCUT2D eigenvalue weighted by atomic mass is 9.94. The van der Waals surface area contributed by atoms with E-state index in [1.807, 2.05) is 0 Å². The Morgan fingerprint density at radius 3 is 2.36 bits per heavy atom. The summed E-state index contributed by atoms with van der Waals surface area (Å²) in [6.07, 6.45) is -1.58. The Kier molecular flexibility index (Phi) is 3.32. The lowest BCUT2D eigenvalue weighted by Gasteiger charge is -2.37. The van der Waals surface area contributed by atoms with Crippen LogP contribution in [0.1, 0.15) is 24.0 Å². The predicted molar refractivity (Wildman–Crippen MR) is 96.0 cm³/mol. The van der Waals surface area contributed by atoms with E-state index in [2.05, 4.69) is 10.2 Å². The molecule has 1 saturated carbocycles. The van der Waals surface area contributed by atoms with E-state index in [-0.39, 0.29) is 4.90 Å². The van der Waals surface area contributed by atoms with Crippen molar-refractivity contribution in [3.8, 4) is 11.3 Å². The van der Waals surface area contributed by atoms with E-state index >= 15 is 0 Å². The van der Waals surface area contributed by atoms with Crippen molar-refractivity contribution in [2.75, 3.05) is 4.31 Å². The van der Waals surface area contributed by atoms with E-state index in [1.165, 1.54) is 4.31 Å². The fourth-order valence-corrected chi connectivity index (χ4v) is 5.76. The van der Waals surface area contributed by atoms with Gasteiger partial charge in [-0.1, -0.05) is 18.2 Å². The molecule has 0 radical (unpaired) electrons. The molecule has 9 heteroatoms. The number of fused-ring (bicyclic) bond motifs is 4. The van der Waals surface area contributed by atoms with Crippen LogP contribution in [0.25, 0.3) is 11.3 Å². The van der Waals surface area contributed by atoms with Crippen LogP contribution < -0.4 is 4.31 Å². The van der Waals surface area contributed by atoms with E-state index in [0.717, 1.165) is 29.8 Å². The largest absolute Gasteiger partial charge is 0.416 e. The normalized spacial score (nSPS) is 17.3. The zero-order valence-electron chi connectivity index (χ0n) is 14.4. The lowest BCUT2D eigenvalue weighted by molar-refractivity contribution is -0.137. The molecule has 144 valence electrons. The molecule has 1 fully saturated rings. The summed E-state index contributed by atoms with van der Waals surface area (Å²) < 4.78 is 67.0. The fraction of sp³-hybridized carbons (Fsp3) is 0.211. The standard InChI is InChI=1S/C19H14F3N3O2S/c20-19(21,22)12-5-7-13(8-6-12)28(26,27)25-16-4-2-1-3-14(16)17-15(11-23-24-17)18(25)9-10-18/h1-8,11H,9-10H2,(H,23,24). The monoisotopic (exact) mass is 405 g/mol. The first-order valence-electron chi connectivity index (χ1n) is 8.61. The molecule has 2 heterocycles. The molecule has 3 aromatic rings. The number of alkyl halides is 3. The highest BCUT2D eigenvalue weighted by molar-refractivity contribution is 7.93. The lowest BCUT2D eigenvalue weighted by Crippen LogP contribution is -2.43. The van der Waals surface area contributed by atoms with Crippen molar-refractivity contribution in [3.05, 3.63) is 65.9 Å². The number of aromatic nitrogens is 2. The summed E-state index contributed by atoms with van der Waals surface area (Å²) in [5.74, 6) is 0. The van der Waals surface area contributed by atoms with Crippen LogP contribution in [0.4, 0.5) is 18.9 Å². The minimum Gasteiger partial charge on any atom is -0.285 e. The number of sulfonamides is 1. The highest BCUT2D eigenvalue weighted by Gasteiger charge is 2.59. The van der Waals surface area contributed by atoms with Crippen LogP contribution in [0.3, 0.4) is 0 Å². The van der Waals surface area contributed by atoms with Crippen LogP contribution in [0, 0.1) is 0 Å². The smallest absolute Gasteiger partial charge is 0.285 e. The molecule has 2 aliphatic rings. The Bertz CT molecular complexity index is 1180. The second-order valence-electron chi connectivity index (χ2n) is 6.99. The molecule has 1 spiro atoms. The fourth-order valence-electron chi connectivity index (χ4n) is 3.91. The highest BCUT2D eigenvalue weighted by atomic mass is 32.2. The van der Waals surface area contributed by atoms with E-state index < -0.39 is 27.3 Å². The van der Waals surface area contributed by atoms with Crippen molar-refractivity contribution in [1.82, 2.24) is 10.2 Å². The number of para-hydroxylation sites is 1. The molecule has 1 aromatic heterocycles. The van der Waals surface area contributed by atoms with E-state index in [4.69, 9.17) is 0 Å². The van der Waals surface area contributed by atoms with Crippen molar-refractivity contribution in [2.45, 2.75) is 29.5 Å². The van der Waals surface area contributed by atoms with Gasteiger partial charge in [-0.25, -0.2) is 8.42 Å². The molecule has 2 aromatic carbocycles. The summed E-state index contributed by atoms with van der Waals surface area (Å²) in [6.45, 7) is 0. The molecule has 1 aliphatic carbocycles. The number of nitrogens with zero attached hydrogens (tertiary/aromatic N) is 2. The first-order chi connectivity index (χ1) is 13.2. The van der Waals surface area contributed by atoms with Gasteiger partial charge < -0.3 is 0 Å². The first-order valence-corrected chi connectivity index (χ1v) is 10.1.